The Balaban J connectivity index is 1.39. The molecule has 156 valence electrons. The summed E-state index contributed by atoms with van der Waals surface area (Å²) in [5.41, 5.74) is 2.59. The number of fused-ring (bicyclic) bond motifs is 1. The van der Waals surface area contributed by atoms with E-state index in [1.165, 1.54) is 6.20 Å². The number of H-pyrrole nitrogens is 1. The van der Waals surface area contributed by atoms with Gasteiger partial charge in [0.2, 0.25) is 0 Å². The predicted octanol–water partition coefficient (Wildman–Crippen LogP) is 4.75. The number of benzene rings is 2. The van der Waals surface area contributed by atoms with Gasteiger partial charge in [-0.2, -0.15) is 0 Å². The summed E-state index contributed by atoms with van der Waals surface area (Å²) in [5, 5.41) is 8.73. The number of aromatic amines is 1. The van der Waals surface area contributed by atoms with Crippen molar-refractivity contribution in [3.8, 4) is 0 Å². The van der Waals surface area contributed by atoms with Crippen molar-refractivity contribution in [1.82, 2.24) is 20.3 Å². The summed E-state index contributed by atoms with van der Waals surface area (Å²) in [6.45, 7) is 1.83. The van der Waals surface area contributed by atoms with E-state index in [1.807, 2.05) is 31.2 Å². The van der Waals surface area contributed by atoms with Crippen molar-refractivity contribution < 1.29 is 9.59 Å². The van der Waals surface area contributed by atoms with Gasteiger partial charge in [0, 0.05) is 17.4 Å². The van der Waals surface area contributed by atoms with Gasteiger partial charge in [0.15, 0.2) is 0 Å². The molecular weight excluding hydrogens is 416 g/mol. The van der Waals surface area contributed by atoms with E-state index in [4.69, 9.17) is 11.6 Å². The van der Waals surface area contributed by atoms with Gasteiger partial charge in [-0.15, -0.1) is 0 Å². The fourth-order valence-electron chi connectivity index (χ4n) is 2.99. The number of hydrogen-bond donors (Lipinski definition) is 4. The molecule has 0 spiro atoms. The molecule has 0 saturated carbocycles. The van der Waals surface area contributed by atoms with Gasteiger partial charge in [-0.3, -0.25) is 4.79 Å². The van der Waals surface area contributed by atoms with Crippen LogP contribution in [0.1, 0.15) is 29.1 Å². The van der Waals surface area contributed by atoms with Gasteiger partial charge in [0.1, 0.15) is 11.6 Å². The second-order valence-electron chi connectivity index (χ2n) is 6.86. The quantitative estimate of drug-likeness (QED) is 0.363. The number of halogens is 1. The molecule has 4 aromatic rings. The minimum absolute atomic E-state index is 0.338. The number of amides is 3. The molecule has 31 heavy (non-hydrogen) atoms. The molecule has 2 heterocycles. The van der Waals surface area contributed by atoms with Crippen molar-refractivity contribution >= 4 is 46.1 Å². The molecule has 9 heteroatoms. The Morgan fingerprint density at radius 3 is 2.65 bits per heavy atom. The number of para-hydroxylation sites is 2. The first-order chi connectivity index (χ1) is 15.0. The van der Waals surface area contributed by atoms with Crippen molar-refractivity contribution in [3.05, 3.63) is 83.3 Å². The van der Waals surface area contributed by atoms with Gasteiger partial charge in [0.05, 0.1) is 22.1 Å². The molecule has 1 unspecified atom stereocenters. The first kappa shape index (κ1) is 20.4. The maximum Gasteiger partial charge on any atom is 0.319 e. The van der Waals surface area contributed by atoms with E-state index < -0.39 is 6.03 Å². The van der Waals surface area contributed by atoms with Crippen LogP contribution in [0.5, 0.6) is 0 Å². The minimum atomic E-state index is -0.412. The Hall–Kier alpha value is -3.91. The molecule has 0 aliphatic rings. The number of hydrogen-bond acceptors (Lipinski definition) is 4. The van der Waals surface area contributed by atoms with E-state index in [2.05, 4.69) is 30.9 Å². The molecule has 2 aromatic carbocycles. The molecule has 0 aliphatic heterocycles. The molecule has 0 saturated heterocycles. The zero-order valence-corrected chi connectivity index (χ0v) is 17.3. The summed E-state index contributed by atoms with van der Waals surface area (Å²) in [6.07, 6.45) is 1.45. The van der Waals surface area contributed by atoms with Crippen molar-refractivity contribution in [2.45, 2.75) is 13.0 Å². The van der Waals surface area contributed by atoms with Gasteiger partial charge in [-0.25, -0.2) is 14.8 Å². The second-order valence-corrected chi connectivity index (χ2v) is 7.29. The average Bonchev–Trinajstić information content (AvgIpc) is 3.20. The van der Waals surface area contributed by atoms with E-state index in [9.17, 15) is 9.59 Å². The van der Waals surface area contributed by atoms with Crippen molar-refractivity contribution in [1.29, 1.82) is 0 Å². The lowest BCUT2D eigenvalue weighted by Gasteiger charge is -2.13. The normalized spacial score (nSPS) is 11.7. The Bertz CT molecular complexity index is 1210. The average molecular weight is 435 g/mol. The maximum atomic E-state index is 12.5. The molecule has 1 atom stereocenters. The van der Waals surface area contributed by atoms with Gasteiger partial charge in [-0.05, 0) is 49.4 Å². The zero-order chi connectivity index (χ0) is 21.8. The molecule has 8 nitrogen and oxygen atoms in total. The Morgan fingerprint density at radius 2 is 1.87 bits per heavy atom. The van der Waals surface area contributed by atoms with Crippen LogP contribution in [0.4, 0.5) is 16.3 Å². The lowest BCUT2D eigenvalue weighted by Crippen LogP contribution is -2.31. The summed E-state index contributed by atoms with van der Waals surface area (Å²) >= 11 is 5.80. The lowest BCUT2D eigenvalue weighted by molar-refractivity contribution is 0.102. The largest absolute Gasteiger partial charge is 0.340 e. The summed E-state index contributed by atoms with van der Waals surface area (Å²) in [5.74, 6) is 0.680. The van der Waals surface area contributed by atoms with Crippen molar-refractivity contribution in [3.63, 3.8) is 0 Å². The van der Waals surface area contributed by atoms with E-state index in [1.54, 1.807) is 36.4 Å². The monoisotopic (exact) mass is 434 g/mol. The standard InChI is InChI=1S/C22H19ClN6O2/c1-13(20-27-17-7-2-3-8-18(17)28-20)25-22(31)26-16-6-4-5-14(11-16)21(30)29-19-10-9-15(23)12-24-19/h2-13H,1H3,(H,27,28)(H,24,29,30)(H2,25,26,31). The zero-order valence-electron chi connectivity index (χ0n) is 16.5. The third kappa shape index (κ3) is 4.99. The van der Waals surface area contributed by atoms with Crippen LogP contribution < -0.4 is 16.0 Å². The fourth-order valence-corrected chi connectivity index (χ4v) is 3.10. The van der Waals surface area contributed by atoms with E-state index in [0.29, 0.717) is 27.9 Å². The van der Waals surface area contributed by atoms with Crippen LogP contribution in [-0.4, -0.2) is 26.9 Å². The highest BCUT2D eigenvalue weighted by atomic mass is 35.5. The minimum Gasteiger partial charge on any atom is -0.340 e. The number of pyridine rings is 1. The number of carbonyl (C=O) groups is 2. The van der Waals surface area contributed by atoms with Crippen LogP contribution in [0.15, 0.2) is 66.9 Å². The number of anilines is 2. The Morgan fingerprint density at radius 1 is 1.03 bits per heavy atom. The van der Waals surface area contributed by atoms with Crippen LogP contribution in [0.3, 0.4) is 0 Å². The smallest absolute Gasteiger partial charge is 0.319 e. The first-order valence-electron chi connectivity index (χ1n) is 9.53. The molecule has 4 N–H and O–H groups in total. The van der Waals surface area contributed by atoms with Crippen LogP contribution in [0, 0.1) is 0 Å². The Labute approximate surface area is 183 Å². The van der Waals surface area contributed by atoms with Gasteiger partial charge in [0.25, 0.3) is 5.91 Å². The number of carbonyl (C=O) groups excluding carboxylic acids is 2. The highest BCUT2D eigenvalue weighted by molar-refractivity contribution is 6.30. The summed E-state index contributed by atoms with van der Waals surface area (Å²) in [4.78, 5) is 36.6. The van der Waals surface area contributed by atoms with Crippen molar-refractivity contribution in [2.75, 3.05) is 10.6 Å². The summed E-state index contributed by atoms with van der Waals surface area (Å²) in [6, 6.07) is 16.7. The lowest BCUT2D eigenvalue weighted by atomic mass is 10.2. The molecule has 0 aliphatic carbocycles. The van der Waals surface area contributed by atoms with Crippen LogP contribution in [0.2, 0.25) is 5.02 Å². The number of urea groups is 1. The topological polar surface area (TPSA) is 112 Å². The van der Waals surface area contributed by atoms with E-state index >= 15 is 0 Å². The third-order valence-electron chi connectivity index (χ3n) is 4.52. The Kier molecular flexibility index (Phi) is 5.81. The molecule has 0 bridgehead atoms. The number of aromatic nitrogens is 3. The highest BCUT2D eigenvalue weighted by Crippen LogP contribution is 2.17. The third-order valence-corrected chi connectivity index (χ3v) is 4.74. The summed E-state index contributed by atoms with van der Waals surface area (Å²) in [7, 11) is 0. The molecule has 2 aromatic heterocycles. The number of nitrogens with zero attached hydrogens (tertiary/aromatic N) is 2. The van der Waals surface area contributed by atoms with E-state index in [-0.39, 0.29) is 11.9 Å². The molecular formula is C22H19ClN6O2. The highest BCUT2D eigenvalue weighted by Gasteiger charge is 2.14. The predicted molar refractivity (Wildman–Crippen MR) is 120 cm³/mol. The first-order valence-corrected chi connectivity index (χ1v) is 9.91. The van der Waals surface area contributed by atoms with Gasteiger partial charge in [-0.1, -0.05) is 29.8 Å². The van der Waals surface area contributed by atoms with Crippen LogP contribution >= 0.6 is 11.6 Å². The molecule has 4 rings (SSSR count). The van der Waals surface area contributed by atoms with Crippen LogP contribution in [-0.2, 0) is 0 Å². The number of imidazole rings is 1. The SMILES string of the molecule is CC(NC(=O)Nc1cccc(C(=O)Nc2ccc(Cl)cn2)c1)c1nc2ccccc2[nH]1. The summed E-state index contributed by atoms with van der Waals surface area (Å²) < 4.78 is 0. The van der Waals surface area contributed by atoms with Gasteiger partial charge >= 0.3 is 6.03 Å². The number of nitrogens with one attached hydrogen (secondary N) is 4. The maximum absolute atomic E-state index is 12.5. The number of rotatable bonds is 5. The van der Waals surface area contributed by atoms with E-state index in [0.717, 1.165) is 11.0 Å². The molecule has 0 radical (unpaired) electrons. The fraction of sp³-hybridized carbons (Fsp3) is 0.0909. The van der Waals surface area contributed by atoms with Crippen LogP contribution in [0.25, 0.3) is 11.0 Å². The van der Waals surface area contributed by atoms with Gasteiger partial charge < -0.3 is 20.9 Å². The second kappa shape index (κ2) is 8.85. The van der Waals surface area contributed by atoms with Crippen molar-refractivity contribution in [2.24, 2.45) is 0 Å². The molecule has 3 amide bonds. The molecule has 0 fully saturated rings.